The van der Waals surface area contributed by atoms with E-state index in [9.17, 15) is 4.79 Å². The van der Waals surface area contributed by atoms with Gasteiger partial charge in [0.25, 0.3) is 0 Å². The fraction of sp³-hybridized carbons (Fsp3) is 0.792. The van der Waals surface area contributed by atoms with Gasteiger partial charge in [-0.25, -0.2) is 4.79 Å². The molecule has 0 aromatic rings. The molecule has 0 aliphatic carbocycles. The van der Waals surface area contributed by atoms with E-state index in [0.29, 0.717) is 6.61 Å². The molecular formula is C24H44O2. The molecule has 0 bridgehead atoms. The van der Waals surface area contributed by atoms with Crippen LogP contribution in [0.1, 0.15) is 116 Å². The van der Waals surface area contributed by atoms with Crippen LogP contribution in [-0.4, -0.2) is 12.6 Å². The Balaban J connectivity index is 3.06. The van der Waals surface area contributed by atoms with Crippen molar-refractivity contribution in [2.24, 2.45) is 0 Å². The summed E-state index contributed by atoms with van der Waals surface area (Å²) in [6, 6.07) is 0. The molecule has 152 valence electrons. The normalized spacial score (nSPS) is 11.1. The maximum atomic E-state index is 10.9. The van der Waals surface area contributed by atoms with Gasteiger partial charge in [-0.1, -0.05) is 109 Å². The molecule has 26 heavy (non-hydrogen) atoms. The van der Waals surface area contributed by atoms with Crippen LogP contribution in [0.15, 0.2) is 24.8 Å². The molecule has 0 fully saturated rings. The molecule has 0 saturated heterocycles. The first-order valence-corrected chi connectivity index (χ1v) is 11.3. The van der Waals surface area contributed by atoms with Crippen LogP contribution in [-0.2, 0) is 9.53 Å². The summed E-state index contributed by atoms with van der Waals surface area (Å²) in [4.78, 5) is 10.9. The van der Waals surface area contributed by atoms with E-state index in [1.807, 2.05) is 0 Å². The van der Waals surface area contributed by atoms with Crippen LogP contribution in [0, 0.1) is 0 Å². The topological polar surface area (TPSA) is 26.3 Å². The summed E-state index contributed by atoms with van der Waals surface area (Å²) in [5.74, 6) is -0.302. The van der Waals surface area contributed by atoms with Gasteiger partial charge in [-0.05, 0) is 25.7 Å². The summed E-state index contributed by atoms with van der Waals surface area (Å²) < 4.78 is 4.96. The number of rotatable bonds is 20. The fourth-order valence-electron chi connectivity index (χ4n) is 3.10. The number of carbonyl (C=O) groups is 1. The summed E-state index contributed by atoms with van der Waals surface area (Å²) in [6.07, 6.45) is 28.5. The van der Waals surface area contributed by atoms with Crippen LogP contribution in [0.4, 0.5) is 0 Å². The molecule has 0 unspecified atom stereocenters. The number of unbranched alkanes of at least 4 members (excludes halogenated alkanes) is 15. The quantitative estimate of drug-likeness (QED) is 0.0948. The molecular weight excluding hydrogens is 320 g/mol. The number of ether oxygens (including phenoxy) is 1. The highest BCUT2D eigenvalue weighted by molar-refractivity contribution is 5.81. The maximum absolute atomic E-state index is 10.9. The van der Waals surface area contributed by atoms with Crippen molar-refractivity contribution < 1.29 is 9.53 Å². The molecule has 0 radical (unpaired) electrons. The highest BCUT2D eigenvalue weighted by atomic mass is 16.5. The number of esters is 1. The molecule has 0 aliphatic heterocycles. The van der Waals surface area contributed by atoms with E-state index in [2.05, 4.69) is 25.7 Å². The minimum atomic E-state index is -0.302. The van der Waals surface area contributed by atoms with Crippen molar-refractivity contribution in [3.8, 4) is 0 Å². The predicted molar refractivity (Wildman–Crippen MR) is 114 cm³/mol. The molecule has 2 nitrogen and oxygen atoms in total. The summed E-state index contributed by atoms with van der Waals surface area (Å²) >= 11 is 0. The summed E-state index contributed by atoms with van der Waals surface area (Å²) in [7, 11) is 0. The van der Waals surface area contributed by atoms with Gasteiger partial charge >= 0.3 is 5.97 Å². The van der Waals surface area contributed by atoms with Crippen molar-refractivity contribution >= 4 is 5.97 Å². The van der Waals surface area contributed by atoms with Crippen molar-refractivity contribution in [2.75, 3.05) is 6.61 Å². The lowest BCUT2D eigenvalue weighted by atomic mass is 10.0. The minimum absolute atomic E-state index is 0.302. The lowest BCUT2D eigenvalue weighted by Gasteiger charge is -2.04. The highest BCUT2D eigenvalue weighted by Gasteiger charge is 1.96. The first-order chi connectivity index (χ1) is 12.8. The first kappa shape index (κ1) is 24.9. The lowest BCUT2D eigenvalue weighted by Crippen LogP contribution is -2.01. The molecule has 0 rings (SSSR count). The molecule has 0 aromatic carbocycles. The monoisotopic (exact) mass is 364 g/mol. The molecule has 2 heteroatoms. The van der Waals surface area contributed by atoms with E-state index in [0.717, 1.165) is 12.8 Å². The number of allylic oxidation sites excluding steroid dienone is 2. The van der Waals surface area contributed by atoms with E-state index < -0.39 is 0 Å². The van der Waals surface area contributed by atoms with Gasteiger partial charge in [-0.15, -0.1) is 0 Å². The van der Waals surface area contributed by atoms with Crippen molar-refractivity contribution in [1.29, 1.82) is 0 Å². The molecule has 0 spiro atoms. The highest BCUT2D eigenvalue weighted by Crippen LogP contribution is 2.13. The van der Waals surface area contributed by atoms with Crippen LogP contribution in [0.2, 0.25) is 0 Å². The Morgan fingerprint density at radius 1 is 0.692 bits per heavy atom. The number of hydrogen-bond acceptors (Lipinski definition) is 2. The van der Waals surface area contributed by atoms with E-state index in [-0.39, 0.29) is 5.97 Å². The standard InChI is InChI=1S/C24H44O2/c1-3-5-6-7-8-9-10-11-12-13-14-15-16-17-18-19-20-21-22-23-26-24(25)4-2/h4,7-8H,2-3,5-6,9-23H2,1H3/b8-7+. The summed E-state index contributed by atoms with van der Waals surface area (Å²) in [5, 5.41) is 0. The van der Waals surface area contributed by atoms with Crippen molar-refractivity contribution in [3.05, 3.63) is 24.8 Å². The zero-order valence-electron chi connectivity index (χ0n) is 17.5. The van der Waals surface area contributed by atoms with Gasteiger partial charge in [0.15, 0.2) is 0 Å². The van der Waals surface area contributed by atoms with Crippen LogP contribution in [0.3, 0.4) is 0 Å². The van der Waals surface area contributed by atoms with Crippen LogP contribution < -0.4 is 0 Å². The maximum Gasteiger partial charge on any atom is 0.330 e. The Morgan fingerprint density at radius 3 is 1.58 bits per heavy atom. The number of carbonyl (C=O) groups excluding carboxylic acids is 1. The smallest absolute Gasteiger partial charge is 0.330 e. The molecule has 0 saturated carbocycles. The van der Waals surface area contributed by atoms with Crippen LogP contribution in [0.5, 0.6) is 0 Å². The van der Waals surface area contributed by atoms with Gasteiger partial charge in [-0.3, -0.25) is 0 Å². The SMILES string of the molecule is C=CC(=O)OCCCCCCCCCCCCCCC/C=C/CCCC. The van der Waals surface area contributed by atoms with Gasteiger partial charge in [0, 0.05) is 6.08 Å². The van der Waals surface area contributed by atoms with Gasteiger partial charge in [0.05, 0.1) is 6.61 Å². The third-order valence-corrected chi connectivity index (χ3v) is 4.82. The Bertz CT molecular complexity index is 333. The van der Waals surface area contributed by atoms with E-state index in [1.54, 1.807) is 0 Å². The molecule has 0 amide bonds. The molecule has 0 aromatic heterocycles. The largest absolute Gasteiger partial charge is 0.463 e. The molecule has 0 N–H and O–H groups in total. The van der Waals surface area contributed by atoms with Crippen molar-refractivity contribution in [2.45, 2.75) is 116 Å². The second kappa shape index (κ2) is 22.0. The van der Waals surface area contributed by atoms with E-state index >= 15 is 0 Å². The Kier molecular flexibility index (Phi) is 21.1. The minimum Gasteiger partial charge on any atom is -0.463 e. The van der Waals surface area contributed by atoms with E-state index in [1.165, 1.54) is 102 Å². The van der Waals surface area contributed by atoms with Crippen molar-refractivity contribution in [3.63, 3.8) is 0 Å². The first-order valence-electron chi connectivity index (χ1n) is 11.3. The van der Waals surface area contributed by atoms with Gasteiger partial charge in [0.2, 0.25) is 0 Å². The third-order valence-electron chi connectivity index (χ3n) is 4.82. The van der Waals surface area contributed by atoms with Gasteiger partial charge < -0.3 is 4.74 Å². The molecule has 0 aliphatic rings. The Labute approximate surface area is 163 Å². The van der Waals surface area contributed by atoms with Crippen molar-refractivity contribution in [1.82, 2.24) is 0 Å². The Morgan fingerprint density at radius 2 is 1.12 bits per heavy atom. The van der Waals surface area contributed by atoms with Gasteiger partial charge in [-0.2, -0.15) is 0 Å². The summed E-state index contributed by atoms with van der Waals surface area (Å²) in [5.41, 5.74) is 0. The predicted octanol–water partition coefficient (Wildman–Crippen LogP) is 7.92. The van der Waals surface area contributed by atoms with E-state index in [4.69, 9.17) is 4.74 Å². The lowest BCUT2D eigenvalue weighted by molar-refractivity contribution is -0.137. The second-order valence-electron chi connectivity index (χ2n) is 7.37. The summed E-state index contributed by atoms with van der Waals surface area (Å²) in [6.45, 7) is 6.18. The third kappa shape index (κ3) is 21.0. The van der Waals surface area contributed by atoms with Gasteiger partial charge in [0.1, 0.15) is 0 Å². The van der Waals surface area contributed by atoms with Crippen LogP contribution in [0.25, 0.3) is 0 Å². The molecule has 0 heterocycles. The number of hydrogen-bond donors (Lipinski definition) is 0. The Hall–Kier alpha value is -1.05. The average Bonchev–Trinajstić information content (AvgIpc) is 2.66. The zero-order valence-corrected chi connectivity index (χ0v) is 17.5. The zero-order chi connectivity index (χ0) is 19.1. The fourth-order valence-corrected chi connectivity index (χ4v) is 3.10. The van der Waals surface area contributed by atoms with Crippen LogP contribution >= 0.6 is 0 Å². The molecule has 0 atom stereocenters. The second-order valence-corrected chi connectivity index (χ2v) is 7.37. The average molecular weight is 365 g/mol.